The van der Waals surface area contributed by atoms with E-state index in [1.54, 1.807) is 23.7 Å². The smallest absolute Gasteiger partial charge is 0.319 e. The van der Waals surface area contributed by atoms with Gasteiger partial charge in [0.15, 0.2) is 11.2 Å². The van der Waals surface area contributed by atoms with Crippen LogP contribution < -0.4 is 0 Å². The summed E-state index contributed by atoms with van der Waals surface area (Å²) in [5, 5.41) is 9.19. The fraction of sp³-hybridized carbons (Fsp3) is 0.312. The first-order valence-corrected chi connectivity index (χ1v) is 9.05. The van der Waals surface area contributed by atoms with Gasteiger partial charge in [-0.3, -0.25) is 4.79 Å². The zero-order valence-electron chi connectivity index (χ0n) is 13.7. The lowest BCUT2D eigenvalue weighted by molar-refractivity contribution is -0.142. The van der Waals surface area contributed by atoms with Crippen molar-refractivity contribution in [2.45, 2.75) is 30.5 Å². The molecule has 3 rings (SSSR count). The highest BCUT2D eigenvalue weighted by Crippen LogP contribution is 2.29. The maximum Gasteiger partial charge on any atom is 0.319 e. The molecule has 25 heavy (non-hydrogen) atoms. The van der Waals surface area contributed by atoms with E-state index in [4.69, 9.17) is 16.3 Å². The van der Waals surface area contributed by atoms with Gasteiger partial charge in [-0.15, -0.1) is 5.10 Å². The molecule has 0 spiro atoms. The Labute approximate surface area is 153 Å². The lowest BCUT2D eigenvalue weighted by Gasteiger charge is -2.12. The van der Waals surface area contributed by atoms with E-state index in [1.807, 2.05) is 19.1 Å². The Hall–Kier alpha value is -2.19. The molecule has 1 aromatic carbocycles. The molecule has 0 unspecified atom stereocenters. The van der Waals surface area contributed by atoms with E-state index in [0.717, 1.165) is 5.69 Å². The second-order valence-corrected chi connectivity index (χ2v) is 6.73. The number of aromatic nitrogens is 5. The first kappa shape index (κ1) is 17.6. The molecule has 130 valence electrons. The normalized spacial score (nSPS) is 12.3. The number of hydrogen-bond acceptors (Lipinski definition) is 7. The van der Waals surface area contributed by atoms with Gasteiger partial charge in [0.25, 0.3) is 0 Å². The molecule has 2 heterocycles. The molecule has 1 atom stereocenters. The van der Waals surface area contributed by atoms with Gasteiger partial charge in [0.1, 0.15) is 16.6 Å². The Kier molecular flexibility index (Phi) is 5.50. The summed E-state index contributed by atoms with van der Waals surface area (Å²) >= 11 is 7.36. The number of halogens is 1. The number of nitrogens with zero attached hydrogens (tertiary/aromatic N) is 5. The number of esters is 1. The van der Waals surface area contributed by atoms with E-state index >= 15 is 0 Å². The van der Waals surface area contributed by atoms with Crippen LogP contribution in [0.5, 0.6) is 0 Å². The minimum absolute atomic E-state index is 0.260. The predicted molar refractivity (Wildman–Crippen MR) is 96.0 cm³/mol. The Morgan fingerprint density at radius 2 is 2.20 bits per heavy atom. The number of benzene rings is 1. The molecule has 0 fully saturated rings. The van der Waals surface area contributed by atoms with Crippen molar-refractivity contribution in [2.75, 3.05) is 6.61 Å². The number of carbonyl (C=O) groups excluding carboxylic acids is 1. The molecule has 3 aromatic rings. The van der Waals surface area contributed by atoms with Crippen LogP contribution in [0.15, 0.2) is 35.6 Å². The molecular weight excluding hydrogens is 362 g/mol. The molecule has 0 radical (unpaired) electrons. The van der Waals surface area contributed by atoms with Crippen LogP contribution in [0.3, 0.4) is 0 Å². The largest absolute Gasteiger partial charge is 0.465 e. The predicted octanol–water partition coefficient (Wildman–Crippen LogP) is 3.30. The number of rotatable bonds is 6. The zero-order chi connectivity index (χ0) is 17.8. The van der Waals surface area contributed by atoms with Gasteiger partial charge in [0, 0.05) is 5.02 Å². The SMILES string of the molecule is CCOC(=O)[C@@H](CC)Sc1ncnc2c1nnn2-c1cccc(Cl)c1. The number of carbonyl (C=O) groups is 1. The summed E-state index contributed by atoms with van der Waals surface area (Å²) in [4.78, 5) is 20.6. The molecule has 0 amide bonds. The maximum atomic E-state index is 12.0. The maximum absolute atomic E-state index is 12.0. The third-order valence-corrected chi connectivity index (χ3v) is 5.00. The van der Waals surface area contributed by atoms with Crippen molar-refractivity contribution in [3.05, 3.63) is 35.6 Å². The van der Waals surface area contributed by atoms with E-state index in [0.29, 0.717) is 34.2 Å². The third kappa shape index (κ3) is 3.74. The van der Waals surface area contributed by atoms with Crippen LogP contribution >= 0.6 is 23.4 Å². The van der Waals surface area contributed by atoms with Crippen molar-refractivity contribution >= 4 is 40.5 Å². The summed E-state index contributed by atoms with van der Waals surface area (Å²) in [6.07, 6.45) is 2.06. The second kappa shape index (κ2) is 7.79. The van der Waals surface area contributed by atoms with Gasteiger partial charge in [-0.25, -0.2) is 9.97 Å². The average Bonchev–Trinajstić information content (AvgIpc) is 3.04. The fourth-order valence-corrected chi connectivity index (χ4v) is 3.40. The van der Waals surface area contributed by atoms with E-state index in [2.05, 4.69) is 20.3 Å². The minimum atomic E-state index is -0.352. The summed E-state index contributed by atoms with van der Waals surface area (Å²) in [5.74, 6) is -0.260. The van der Waals surface area contributed by atoms with Crippen LogP contribution in [-0.2, 0) is 9.53 Å². The summed E-state index contributed by atoms with van der Waals surface area (Å²) in [7, 11) is 0. The molecule has 0 saturated carbocycles. The van der Waals surface area contributed by atoms with Crippen molar-refractivity contribution in [3.8, 4) is 5.69 Å². The summed E-state index contributed by atoms with van der Waals surface area (Å²) in [5.41, 5.74) is 1.84. The summed E-state index contributed by atoms with van der Waals surface area (Å²) in [6, 6.07) is 7.25. The molecule has 0 N–H and O–H groups in total. The average molecular weight is 378 g/mol. The van der Waals surface area contributed by atoms with E-state index in [1.165, 1.54) is 18.1 Å². The van der Waals surface area contributed by atoms with Gasteiger partial charge in [0.2, 0.25) is 0 Å². The number of hydrogen-bond donors (Lipinski definition) is 0. The van der Waals surface area contributed by atoms with Crippen molar-refractivity contribution in [3.63, 3.8) is 0 Å². The molecule has 2 aromatic heterocycles. The van der Waals surface area contributed by atoms with Gasteiger partial charge < -0.3 is 4.74 Å². The van der Waals surface area contributed by atoms with E-state index < -0.39 is 0 Å². The Morgan fingerprint density at radius 1 is 1.36 bits per heavy atom. The van der Waals surface area contributed by atoms with E-state index in [9.17, 15) is 4.79 Å². The van der Waals surface area contributed by atoms with Gasteiger partial charge >= 0.3 is 5.97 Å². The zero-order valence-corrected chi connectivity index (χ0v) is 15.3. The Balaban J connectivity index is 1.97. The van der Waals surface area contributed by atoms with Crippen LogP contribution in [0.4, 0.5) is 0 Å². The number of thioether (sulfide) groups is 1. The minimum Gasteiger partial charge on any atom is -0.465 e. The molecule has 7 nitrogen and oxygen atoms in total. The molecule has 0 aliphatic rings. The molecular formula is C16H16ClN5O2S. The Morgan fingerprint density at radius 3 is 2.92 bits per heavy atom. The highest BCUT2D eigenvalue weighted by molar-refractivity contribution is 8.00. The van der Waals surface area contributed by atoms with Gasteiger partial charge in [0.05, 0.1) is 12.3 Å². The molecule has 0 aliphatic carbocycles. The first-order chi connectivity index (χ1) is 12.1. The van der Waals surface area contributed by atoms with Crippen LogP contribution in [0.1, 0.15) is 20.3 Å². The molecule has 9 heteroatoms. The first-order valence-electron chi connectivity index (χ1n) is 7.79. The van der Waals surface area contributed by atoms with Crippen molar-refractivity contribution in [2.24, 2.45) is 0 Å². The standard InChI is InChI=1S/C16H16ClN5O2S/c1-3-12(16(23)24-4-2)25-15-13-14(18-9-19-15)22(21-20-13)11-7-5-6-10(17)8-11/h5-9,12H,3-4H2,1-2H3/t12-/m1/s1. The quantitative estimate of drug-likeness (QED) is 0.370. The fourth-order valence-electron chi connectivity index (χ4n) is 2.26. The lowest BCUT2D eigenvalue weighted by Crippen LogP contribution is -2.19. The summed E-state index contributed by atoms with van der Waals surface area (Å²) < 4.78 is 6.70. The van der Waals surface area contributed by atoms with Crippen LogP contribution in [0.2, 0.25) is 5.02 Å². The number of ether oxygens (including phenoxy) is 1. The Bertz CT molecular complexity index is 901. The van der Waals surface area contributed by atoms with Gasteiger partial charge in [-0.1, -0.05) is 41.6 Å². The van der Waals surface area contributed by atoms with E-state index in [-0.39, 0.29) is 11.2 Å². The van der Waals surface area contributed by atoms with Gasteiger partial charge in [-0.2, -0.15) is 4.68 Å². The number of fused-ring (bicyclic) bond motifs is 1. The topological polar surface area (TPSA) is 82.8 Å². The summed E-state index contributed by atoms with van der Waals surface area (Å²) in [6.45, 7) is 4.06. The molecule has 0 saturated heterocycles. The molecule has 0 bridgehead atoms. The monoisotopic (exact) mass is 377 g/mol. The highest BCUT2D eigenvalue weighted by atomic mass is 35.5. The lowest BCUT2D eigenvalue weighted by atomic mass is 10.3. The van der Waals surface area contributed by atoms with Crippen LogP contribution in [-0.4, -0.2) is 42.8 Å². The third-order valence-electron chi connectivity index (χ3n) is 3.43. The van der Waals surface area contributed by atoms with Crippen molar-refractivity contribution in [1.29, 1.82) is 0 Å². The van der Waals surface area contributed by atoms with Crippen LogP contribution in [0, 0.1) is 0 Å². The van der Waals surface area contributed by atoms with Gasteiger partial charge in [-0.05, 0) is 31.5 Å². The molecule has 0 aliphatic heterocycles. The highest BCUT2D eigenvalue weighted by Gasteiger charge is 2.23. The van der Waals surface area contributed by atoms with Crippen molar-refractivity contribution < 1.29 is 9.53 Å². The van der Waals surface area contributed by atoms with Crippen molar-refractivity contribution in [1.82, 2.24) is 25.0 Å². The second-order valence-electron chi connectivity index (χ2n) is 5.10. The van der Waals surface area contributed by atoms with Crippen LogP contribution in [0.25, 0.3) is 16.9 Å².